The van der Waals surface area contributed by atoms with Gasteiger partial charge in [-0.2, -0.15) is 10.5 Å². The first kappa shape index (κ1) is 13.8. The second kappa shape index (κ2) is 5.30. The Balaban J connectivity index is 2.15. The number of nitriles is 1. The van der Waals surface area contributed by atoms with Crippen LogP contribution in [0.15, 0.2) is 12.1 Å². The van der Waals surface area contributed by atoms with E-state index in [0.717, 1.165) is 11.3 Å². The van der Waals surface area contributed by atoms with Crippen LogP contribution < -0.4 is 0 Å². The third kappa shape index (κ3) is 2.40. The molecule has 0 aliphatic heterocycles. The summed E-state index contributed by atoms with van der Waals surface area (Å²) in [5, 5.41) is 32.1. The number of carboxylic acids is 1. The summed E-state index contributed by atoms with van der Waals surface area (Å²) in [5.74, 6) is -0.792. The number of aromatic carboxylic acids is 1. The minimum absolute atomic E-state index is 0.155. The summed E-state index contributed by atoms with van der Waals surface area (Å²) < 4.78 is 0. The molecule has 0 aromatic carbocycles. The van der Waals surface area contributed by atoms with Crippen LogP contribution in [0, 0.1) is 18.3 Å². The van der Waals surface area contributed by atoms with Crippen molar-refractivity contribution < 1.29 is 9.90 Å². The van der Waals surface area contributed by atoms with Gasteiger partial charge in [0.25, 0.3) is 0 Å². The zero-order valence-corrected chi connectivity index (χ0v) is 11.9. The minimum atomic E-state index is -1.03. The molecule has 2 N–H and O–H groups in total. The van der Waals surface area contributed by atoms with E-state index in [1.54, 1.807) is 13.0 Å². The molecule has 0 saturated carbocycles. The van der Waals surface area contributed by atoms with Gasteiger partial charge in [-0.1, -0.05) is 0 Å². The molecule has 0 bridgehead atoms. The van der Waals surface area contributed by atoms with Crippen molar-refractivity contribution in [3.63, 3.8) is 0 Å². The number of rotatable bonds is 3. The zero-order chi connectivity index (χ0) is 15.7. The number of carboxylic acid groups (broad SMARTS) is 1. The Morgan fingerprint density at radius 2 is 2.23 bits per heavy atom. The lowest BCUT2D eigenvalue weighted by atomic mass is 10.2. The van der Waals surface area contributed by atoms with Gasteiger partial charge in [-0.3, -0.25) is 0 Å². The van der Waals surface area contributed by atoms with Gasteiger partial charge < -0.3 is 5.11 Å². The van der Waals surface area contributed by atoms with Crippen molar-refractivity contribution in [1.29, 1.82) is 5.26 Å². The van der Waals surface area contributed by atoms with Gasteiger partial charge in [-0.25, -0.2) is 14.8 Å². The number of nitrogens with one attached hydrogen (secondary N) is 1. The Labute approximate surface area is 127 Å². The van der Waals surface area contributed by atoms with Gasteiger partial charge >= 0.3 is 5.97 Å². The lowest BCUT2D eigenvalue weighted by Crippen LogP contribution is -1.94. The molecule has 108 valence electrons. The summed E-state index contributed by atoms with van der Waals surface area (Å²) in [6.45, 7) is 1.62. The molecule has 9 nitrogen and oxygen atoms in total. The van der Waals surface area contributed by atoms with Crippen LogP contribution in [0.4, 0.5) is 0 Å². The quantitative estimate of drug-likeness (QED) is 0.736. The summed E-state index contributed by atoms with van der Waals surface area (Å²) in [6, 6.07) is 5.12. The monoisotopic (exact) mass is 313 g/mol. The fourth-order valence-corrected chi connectivity index (χ4v) is 2.71. The average Bonchev–Trinajstić information content (AvgIpc) is 3.16. The van der Waals surface area contributed by atoms with Crippen LogP contribution in [-0.4, -0.2) is 41.7 Å². The maximum Gasteiger partial charge on any atom is 0.347 e. The Bertz CT molecular complexity index is 895. The molecule has 3 rings (SSSR count). The molecule has 3 heterocycles. The predicted octanol–water partition coefficient (Wildman–Crippen LogP) is 1.26. The predicted molar refractivity (Wildman–Crippen MR) is 74.9 cm³/mol. The smallest absolute Gasteiger partial charge is 0.347 e. The van der Waals surface area contributed by atoms with E-state index in [9.17, 15) is 4.79 Å². The van der Waals surface area contributed by atoms with Crippen molar-refractivity contribution in [2.45, 2.75) is 6.92 Å². The highest BCUT2D eigenvalue weighted by molar-refractivity contribution is 7.17. The molecular formula is C12H7N7O2S. The van der Waals surface area contributed by atoms with Crippen molar-refractivity contribution in [3.8, 4) is 28.2 Å². The molecule has 0 saturated heterocycles. The maximum atomic E-state index is 11.1. The van der Waals surface area contributed by atoms with Crippen LogP contribution in [0.5, 0.6) is 0 Å². The third-order valence-corrected chi connectivity index (χ3v) is 3.95. The number of pyridine rings is 1. The van der Waals surface area contributed by atoms with E-state index < -0.39 is 5.97 Å². The molecule has 0 amide bonds. The highest BCUT2D eigenvalue weighted by Gasteiger charge is 2.17. The average molecular weight is 313 g/mol. The lowest BCUT2D eigenvalue weighted by Gasteiger charge is -2.00. The normalized spacial score (nSPS) is 10.4. The first-order valence-corrected chi connectivity index (χ1v) is 6.77. The fourth-order valence-electron chi connectivity index (χ4n) is 1.81. The van der Waals surface area contributed by atoms with Crippen LogP contribution in [0.25, 0.3) is 22.1 Å². The lowest BCUT2D eigenvalue weighted by molar-refractivity contribution is 0.0701. The van der Waals surface area contributed by atoms with Crippen LogP contribution in [0.3, 0.4) is 0 Å². The van der Waals surface area contributed by atoms with Crippen molar-refractivity contribution in [3.05, 3.63) is 28.4 Å². The van der Waals surface area contributed by atoms with E-state index in [1.807, 2.05) is 6.07 Å². The summed E-state index contributed by atoms with van der Waals surface area (Å²) in [6.07, 6.45) is 0. The Morgan fingerprint density at radius 3 is 2.82 bits per heavy atom. The molecule has 0 atom stereocenters. The molecule has 10 heteroatoms. The molecule has 0 fully saturated rings. The second-order valence-corrected chi connectivity index (χ2v) is 5.21. The van der Waals surface area contributed by atoms with Crippen molar-refractivity contribution in [2.75, 3.05) is 0 Å². The Morgan fingerprint density at radius 1 is 1.41 bits per heavy atom. The third-order valence-electron chi connectivity index (χ3n) is 2.75. The molecule has 0 radical (unpaired) electrons. The second-order valence-electron chi connectivity index (χ2n) is 4.21. The number of aryl methyl sites for hydroxylation is 1. The number of aromatic nitrogens is 6. The Hall–Kier alpha value is -3.19. The first-order chi connectivity index (χ1) is 10.6. The van der Waals surface area contributed by atoms with Crippen LogP contribution in [0.2, 0.25) is 0 Å². The number of thiazole rings is 1. The number of nitrogens with zero attached hydrogens (tertiary/aromatic N) is 6. The SMILES string of the molecule is Cc1nc(-c2cc(C#N)nc(-c3nn[nH]n3)c2)sc1C(=O)O. The molecule has 0 aliphatic rings. The molecular weight excluding hydrogens is 306 g/mol. The van der Waals surface area contributed by atoms with E-state index in [0.29, 0.717) is 22.0 Å². The van der Waals surface area contributed by atoms with E-state index in [2.05, 4.69) is 30.6 Å². The van der Waals surface area contributed by atoms with Gasteiger partial charge in [-0.15, -0.1) is 21.5 Å². The van der Waals surface area contributed by atoms with Gasteiger partial charge in [0.2, 0.25) is 5.82 Å². The summed E-state index contributed by atoms with van der Waals surface area (Å²) in [4.78, 5) is 19.6. The van der Waals surface area contributed by atoms with Gasteiger partial charge in [0.15, 0.2) is 0 Å². The van der Waals surface area contributed by atoms with Gasteiger partial charge in [-0.05, 0) is 24.3 Å². The maximum absolute atomic E-state index is 11.1. The molecule has 3 aromatic rings. The highest BCUT2D eigenvalue weighted by Crippen LogP contribution is 2.30. The van der Waals surface area contributed by atoms with Gasteiger partial charge in [0.1, 0.15) is 27.3 Å². The molecule has 3 aromatic heterocycles. The van der Waals surface area contributed by atoms with Crippen LogP contribution >= 0.6 is 11.3 Å². The van der Waals surface area contributed by atoms with Crippen molar-refractivity contribution in [1.82, 2.24) is 30.6 Å². The van der Waals surface area contributed by atoms with Crippen molar-refractivity contribution >= 4 is 17.3 Å². The number of H-pyrrole nitrogens is 1. The molecule has 0 unspecified atom stereocenters. The van der Waals surface area contributed by atoms with Gasteiger partial charge in [0.05, 0.1) is 5.69 Å². The van der Waals surface area contributed by atoms with Gasteiger partial charge in [0, 0.05) is 5.56 Å². The number of carbonyl (C=O) groups is 1. The molecule has 0 aliphatic carbocycles. The largest absolute Gasteiger partial charge is 0.477 e. The zero-order valence-electron chi connectivity index (χ0n) is 11.1. The van der Waals surface area contributed by atoms with E-state index in [4.69, 9.17) is 10.4 Å². The minimum Gasteiger partial charge on any atom is -0.477 e. The summed E-state index contributed by atoms with van der Waals surface area (Å²) in [5.41, 5.74) is 1.51. The van der Waals surface area contributed by atoms with Crippen LogP contribution in [-0.2, 0) is 0 Å². The molecule has 0 spiro atoms. The highest BCUT2D eigenvalue weighted by atomic mass is 32.1. The van der Waals surface area contributed by atoms with Crippen molar-refractivity contribution in [2.24, 2.45) is 0 Å². The Kier molecular flexibility index (Phi) is 3.32. The standard InChI is InChI=1S/C12H7N7O2S/c1-5-9(12(20)21)22-11(14-5)6-2-7(4-13)15-8(3-6)10-16-18-19-17-10/h2-3H,1H3,(H,20,21)(H,16,17,18,19). The number of hydrogen-bond donors (Lipinski definition) is 2. The first-order valence-electron chi connectivity index (χ1n) is 5.95. The fraction of sp³-hybridized carbons (Fsp3) is 0.0833. The molecule has 22 heavy (non-hydrogen) atoms. The van der Waals surface area contributed by atoms with E-state index >= 15 is 0 Å². The summed E-state index contributed by atoms with van der Waals surface area (Å²) in [7, 11) is 0. The topological polar surface area (TPSA) is 141 Å². The van der Waals surface area contributed by atoms with E-state index in [1.165, 1.54) is 6.07 Å². The summed E-state index contributed by atoms with van der Waals surface area (Å²) >= 11 is 1.03. The van der Waals surface area contributed by atoms with E-state index in [-0.39, 0.29) is 16.4 Å². The number of hydrogen-bond acceptors (Lipinski definition) is 8. The number of tetrazole rings is 1. The number of aromatic amines is 1. The van der Waals surface area contributed by atoms with Crippen LogP contribution in [0.1, 0.15) is 21.1 Å².